The van der Waals surface area contributed by atoms with Crippen molar-refractivity contribution in [1.29, 1.82) is 0 Å². The molecule has 1 aliphatic rings. The minimum Gasteiger partial charge on any atom is -0.490 e. The smallest absolute Gasteiger partial charge is 0.233 e. The number of rotatable bonds is 5. The zero-order chi connectivity index (χ0) is 14.8. The molecule has 1 saturated carbocycles. The maximum atomic E-state index is 13.5. The third-order valence-corrected chi connectivity index (χ3v) is 4.88. The summed E-state index contributed by atoms with van der Waals surface area (Å²) < 4.78 is 54.5. The van der Waals surface area contributed by atoms with Gasteiger partial charge < -0.3 is 4.74 Å². The Morgan fingerprint density at radius 2 is 1.90 bits per heavy atom. The first-order valence-electron chi connectivity index (χ1n) is 6.31. The highest BCUT2D eigenvalue weighted by molar-refractivity contribution is 8.13. The van der Waals surface area contributed by atoms with Crippen LogP contribution in [0.4, 0.5) is 8.78 Å². The molecule has 0 heterocycles. The fourth-order valence-electron chi connectivity index (χ4n) is 2.65. The summed E-state index contributed by atoms with van der Waals surface area (Å²) in [5.74, 6) is -2.47. The summed E-state index contributed by atoms with van der Waals surface area (Å²) in [5, 5.41) is 0. The summed E-state index contributed by atoms with van der Waals surface area (Å²) >= 11 is 0. The molecule has 0 aliphatic heterocycles. The first-order chi connectivity index (χ1) is 9.31. The van der Waals surface area contributed by atoms with E-state index in [1.807, 2.05) is 0 Å². The maximum Gasteiger partial charge on any atom is 0.233 e. The van der Waals surface area contributed by atoms with Crippen molar-refractivity contribution in [1.82, 2.24) is 0 Å². The van der Waals surface area contributed by atoms with Gasteiger partial charge in [0.15, 0.2) is 11.6 Å². The highest BCUT2D eigenvalue weighted by Crippen LogP contribution is 2.40. The number of ether oxygens (including phenoxy) is 1. The van der Waals surface area contributed by atoms with Crippen LogP contribution in [0.2, 0.25) is 0 Å². The lowest BCUT2D eigenvalue weighted by atomic mass is 9.90. The van der Waals surface area contributed by atoms with E-state index < -0.39 is 26.1 Å². The molecule has 0 atom stereocenters. The summed E-state index contributed by atoms with van der Waals surface area (Å²) in [4.78, 5) is 0. The van der Waals surface area contributed by atoms with Gasteiger partial charge in [-0.3, -0.25) is 0 Å². The van der Waals surface area contributed by atoms with Crippen LogP contribution >= 0.6 is 10.7 Å². The van der Waals surface area contributed by atoms with Crippen LogP contribution in [0.1, 0.15) is 25.7 Å². The minimum absolute atomic E-state index is 0.0132. The number of hydrogen-bond acceptors (Lipinski definition) is 3. The lowest BCUT2D eigenvalue weighted by Gasteiger charge is -2.27. The Bertz CT molecular complexity index is 583. The predicted octanol–water partition coefficient (Wildman–Crippen LogP) is 3.47. The topological polar surface area (TPSA) is 43.4 Å². The molecule has 1 aliphatic carbocycles. The van der Waals surface area contributed by atoms with Crippen molar-refractivity contribution < 1.29 is 21.9 Å². The molecular weight excluding hydrogens is 310 g/mol. The van der Waals surface area contributed by atoms with E-state index in [9.17, 15) is 17.2 Å². The first-order valence-corrected chi connectivity index (χ1v) is 8.78. The zero-order valence-electron chi connectivity index (χ0n) is 10.7. The van der Waals surface area contributed by atoms with E-state index in [1.54, 1.807) is 0 Å². The van der Waals surface area contributed by atoms with Gasteiger partial charge in [0.1, 0.15) is 0 Å². The highest BCUT2D eigenvalue weighted by atomic mass is 35.7. The van der Waals surface area contributed by atoms with Crippen molar-refractivity contribution in [3.8, 4) is 5.75 Å². The van der Waals surface area contributed by atoms with Gasteiger partial charge in [-0.15, -0.1) is 0 Å². The lowest BCUT2D eigenvalue weighted by molar-refractivity contribution is 0.164. The second kappa shape index (κ2) is 5.85. The summed E-state index contributed by atoms with van der Waals surface area (Å²) in [6.45, 7) is 0.0132. The molecule has 0 N–H and O–H groups in total. The Labute approximate surface area is 121 Å². The quantitative estimate of drug-likeness (QED) is 0.779. The molecule has 3 nitrogen and oxygen atoms in total. The van der Waals surface area contributed by atoms with E-state index in [0.717, 1.165) is 18.9 Å². The van der Waals surface area contributed by atoms with Gasteiger partial charge >= 0.3 is 0 Å². The largest absolute Gasteiger partial charge is 0.490 e. The molecule has 1 aromatic carbocycles. The third-order valence-electron chi connectivity index (χ3n) is 3.59. The van der Waals surface area contributed by atoms with E-state index in [2.05, 4.69) is 0 Å². The second-order valence-corrected chi connectivity index (χ2v) is 8.01. The molecule has 0 spiro atoms. The standard InChI is InChI=1S/C13H15ClF2O3S/c14-20(17,18)9-13(6-1-2-7-13)8-19-11-5-3-4-10(15)12(11)16/h3-5H,1-2,6-9H2. The van der Waals surface area contributed by atoms with Crippen LogP contribution in [-0.2, 0) is 9.05 Å². The monoisotopic (exact) mass is 324 g/mol. The third kappa shape index (κ3) is 3.82. The Morgan fingerprint density at radius 3 is 2.50 bits per heavy atom. The summed E-state index contributed by atoms with van der Waals surface area (Å²) in [6, 6.07) is 3.65. The summed E-state index contributed by atoms with van der Waals surface area (Å²) in [7, 11) is 1.66. The van der Waals surface area contributed by atoms with Crippen LogP contribution in [0, 0.1) is 17.0 Å². The van der Waals surface area contributed by atoms with E-state index in [1.165, 1.54) is 12.1 Å². The summed E-state index contributed by atoms with van der Waals surface area (Å²) in [5.41, 5.74) is -0.612. The van der Waals surface area contributed by atoms with Crippen molar-refractivity contribution in [2.24, 2.45) is 5.41 Å². The van der Waals surface area contributed by atoms with Gasteiger partial charge in [0.2, 0.25) is 14.9 Å². The molecule has 0 amide bonds. The van der Waals surface area contributed by atoms with Crippen molar-refractivity contribution in [2.75, 3.05) is 12.4 Å². The van der Waals surface area contributed by atoms with Crippen LogP contribution in [0.15, 0.2) is 18.2 Å². The Morgan fingerprint density at radius 1 is 1.25 bits per heavy atom. The SMILES string of the molecule is O=S(=O)(Cl)CC1(COc2cccc(F)c2F)CCCC1. The van der Waals surface area contributed by atoms with E-state index in [4.69, 9.17) is 15.4 Å². The van der Waals surface area contributed by atoms with E-state index >= 15 is 0 Å². The molecule has 20 heavy (non-hydrogen) atoms. The van der Waals surface area contributed by atoms with Crippen molar-refractivity contribution in [3.63, 3.8) is 0 Å². The Hall–Kier alpha value is -0.880. The highest BCUT2D eigenvalue weighted by Gasteiger charge is 2.38. The van der Waals surface area contributed by atoms with Crippen LogP contribution in [0.3, 0.4) is 0 Å². The van der Waals surface area contributed by atoms with Gasteiger partial charge in [-0.25, -0.2) is 12.8 Å². The minimum atomic E-state index is -3.66. The maximum absolute atomic E-state index is 13.5. The van der Waals surface area contributed by atoms with Crippen LogP contribution in [-0.4, -0.2) is 20.8 Å². The van der Waals surface area contributed by atoms with Crippen LogP contribution in [0.25, 0.3) is 0 Å². The lowest BCUT2D eigenvalue weighted by Crippen LogP contribution is -2.32. The Balaban J connectivity index is 2.12. The average Bonchev–Trinajstić information content (AvgIpc) is 2.78. The molecule has 0 saturated heterocycles. The molecule has 0 aromatic heterocycles. The van der Waals surface area contributed by atoms with Gasteiger partial charge in [-0.05, 0) is 25.0 Å². The molecule has 1 aromatic rings. The first kappa shape index (κ1) is 15.5. The molecule has 1 fully saturated rings. The van der Waals surface area contributed by atoms with Gasteiger partial charge in [0, 0.05) is 16.1 Å². The number of hydrogen-bond donors (Lipinski definition) is 0. The van der Waals surface area contributed by atoms with Crippen molar-refractivity contribution in [2.45, 2.75) is 25.7 Å². The molecule has 112 valence electrons. The molecule has 7 heteroatoms. The van der Waals surface area contributed by atoms with Crippen LogP contribution in [0.5, 0.6) is 5.75 Å². The fourth-order valence-corrected chi connectivity index (χ4v) is 4.45. The Kier molecular flexibility index (Phi) is 4.54. The van der Waals surface area contributed by atoms with Gasteiger partial charge in [0.05, 0.1) is 12.4 Å². The predicted molar refractivity (Wildman–Crippen MR) is 72.4 cm³/mol. The van der Waals surface area contributed by atoms with Crippen molar-refractivity contribution >= 4 is 19.7 Å². The molecule has 0 radical (unpaired) electrons. The fraction of sp³-hybridized carbons (Fsp3) is 0.538. The normalized spacial score (nSPS) is 18.1. The second-order valence-electron chi connectivity index (χ2n) is 5.23. The zero-order valence-corrected chi connectivity index (χ0v) is 12.3. The van der Waals surface area contributed by atoms with E-state index in [-0.39, 0.29) is 18.1 Å². The van der Waals surface area contributed by atoms with E-state index in [0.29, 0.717) is 12.8 Å². The molecular formula is C13H15ClF2O3S. The molecule has 2 rings (SSSR count). The van der Waals surface area contributed by atoms with Crippen LogP contribution < -0.4 is 4.74 Å². The number of benzene rings is 1. The van der Waals surface area contributed by atoms with Gasteiger partial charge in [0.25, 0.3) is 0 Å². The van der Waals surface area contributed by atoms with Gasteiger partial charge in [-0.2, -0.15) is 4.39 Å². The summed E-state index contributed by atoms with van der Waals surface area (Å²) in [6.07, 6.45) is 3.05. The van der Waals surface area contributed by atoms with Gasteiger partial charge in [-0.1, -0.05) is 18.9 Å². The van der Waals surface area contributed by atoms with Crippen molar-refractivity contribution in [3.05, 3.63) is 29.8 Å². The molecule has 0 unspecified atom stereocenters. The number of halogens is 3. The average molecular weight is 325 g/mol. The molecule has 0 bridgehead atoms.